The van der Waals surface area contributed by atoms with E-state index in [-0.39, 0.29) is 12.2 Å². The van der Waals surface area contributed by atoms with Gasteiger partial charge in [-0.15, -0.1) is 0 Å². The van der Waals surface area contributed by atoms with Gasteiger partial charge in [0, 0.05) is 13.2 Å². The van der Waals surface area contributed by atoms with E-state index in [0.717, 1.165) is 19.6 Å². The van der Waals surface area contributed by atoms with Crippen molar-refractivity contribution in [1.29, 1.82) is 0 Å². The first-order valence-electron chi connectivity index (χ1n) is 6.03. The minimum absolute atomic E-state index is 0.244. The third kappa shape index (κ3) is 3.44. The van der Waals surface area contributed by atoms with Crippen LogP contribution in [-0.2, 0) is 9.47 Å². The highest BCUT2D eigenvalue weighted by Gasteiger charge is 2.36. The molecule has 0 spiro atoms. The Morgan fingerprint density at radius 3 is 2.53 bits per heavy atom. The molecule has 15 heavy (non-hydrogen) atoms. The highest BCUT2D eigenvalue weighted by atomic mass is 16.5. The Bertz CT molecular complexity index is 182. The van der Waals surface area contributed by atoms with E-state index < -0.39 is 0 Å². The third-order valence-corrected chi connectivity index (χ3v) is 3.00. The molecular formula is C12H25NO2. The van der Waals surface area contributed by atoms with E-state index in [9.17, 15) is 0 Å². The number of hydrogen-bond donors (Lipinski definition) is 0. The van der Waals surface area contributed by atoms with E-state index >= 15 is 0 Å². The van der Waals surface area contributed by atoms with E-state index in [1.54, 1.807) is 0 Å². The quantitative estimate of drug-likeness (QED) is 0.699. The maximum absolute atomic E-state index is 5.86. The summed E-state index contributed by atoms with van der Waals surface area (Å²) in [5.74, 6) is 0. The summed E-state index contributed by atoms with van der Waals surface area (Å²) < 4.78 is 11.6. The van der Waals surface area contributed by atoms with E-state index in [2.05, 4.69) is 39.6 Å². The average molecular weight is 215 g/mol. The van der Waals surface area contributed by atoms with Crippen molar-refractivity contribution in [2.75, 3.05) is 20.2 Å². The van der Waals surface area contributed by atoms with Crippen molar-refractivity contribution in [2.24, 2.45) is 0 Å². The standard InChI is InChI=1S/C12H25NO2/c1-6-14-11-7-8-13(5)12(11)10(4)15-9(2)3/h9-12H,6-8H2,1-5H3/t10-,11-,12+/m0/s1. The molecule has 0 N–H and O–H groups in total. The van der Waals surface area contributed by atoms with Gasteiger partial charge in [0.15, 0.2) is 0 Å². The fourth-order valence-electron chi connectivity index (χ4n) is 2.50. The number of rotatable bonds is 5. The van der Waals surface area contributed by atoms with Gasteiger partial charge >= 0.3 is 0 Å². The van der Waals surface area contributed by atoms with Gasteiger partial charge < -0.3 is 9.47 Å². The fraction of sp³-hybridized carbons (Fsp3) is 1.00. The second kappa shape index (κ2) is 5.83. The lowest BCUT2D eigenvalue weighted by Crippen LogP contribution is -2.44. The van der Waals surface area contributed by atoms with Gasteiger partial charge in [-0.2, -0.15) is 0 Å². The minimum atomic E-state index is 0.244. The number of likely N-dealkylation sites (tertiary alicyclic amines) is 1. The first-order valence-corrected chi connectivity index (χ1v) is 6.03. The van der Waals surface area contributed by atoms with Crippen LogP contribution in [0.3, 0.4) is 0 Å². The molecule has 1 saturated heterocycles. The van der Waals surface area contributed by atoms with E-state index in [0.29, 0.717) is 12.1 Å². The van der Waals surface area contributed by atoms with Crippen LogP contribution in [0.2, 0.25) is 0 Å². The topological polar surface area (TPSA) is 21.7 Å². The Morgan fingerprint density at radius 1 is 1.33 bits per heavy atom. The predicted octanol–water partition coefficient (Wildman–Crippen LogP) is 1.91. The molecule has 1 aliphatic heterocycles. The van der Waals surface area contributed by atoms with Gasteiger partial charge in [-0.25, -0.2) is 0 Å². The molecule has 3 nitrogen and oxygen atoms in total. The maximum atomic E-state index is 5.86. The zero-order valence-electron chi connectivity index (χ0n) is 10.7. The second-order valence-electron chi connectivity index (χ2n) is 4.64. The van der Waals surface area contributed by atoms with Crippen molar-refractivity contribution < 1.29 is 9.47 Å². The Morgan fingerprint density at radius 2 is 2.00 bits per heavy atom. The molecule has 90 valence electrons. The summed E-state index contributed by atoms with van der Waals surface area (Å²) >= 11 is 0. The van der Waals surface area contributed by atoms with Gasteiger partial charge in [0.25, 0.3) is 0 Å². The Kier molecular flexibility index (Phi) is 5.03. The molecule has 1 aliphatic rings. The molecular weight excluding hydrogens is 190 g/mol. The van der Waals surface area contributed by atoms with Crippen LogP contribution in [0.5, 0.6) is 0 Å². The molecule has 0 unspecified atom stereocenters. The summed E-state index contributed by atoms with van der Waals surface area (Å²) in [5, 5.41) is 0. The molecule has 0 aromatic heterocycles. The molecule has 1 fully saturated rings. The molecule has 0 saturated carbocycles. The maximum Gasteiger partial charge on any atom is 0.0767 e. The Hall–Kier alpha value is -0.120. The van der Waals surface area contributed by atoms with Crippen LogP contribution >= 0.6 is 0 Å². The largest absolute Gasteiger partial charge is 0.377 e. The Balaban J connectivity index is 2.54. The summed E-state index contributed by atoms with van der Waals surface area (Å²) in [6.45, 7) is 10.3. The highest BCUT2D eigenvalue weighted by molar-refractivity contribution is 4.90. The van der Waals surface area contributed by atoms with Crippen LogP contribution in [0.25, 0.3) is 0 Å². The number of ether oxygens (including phenoxy) is 2. The molecule has 1 heterocycles. The zero-order valence-corrected chi connectivity index (χ0v) is 10.7. The minimum Gasteiger partial charge on any atom is -0.377 e. The monoisotopic (exact) mass is 215 g/mol. The van der Waals surface area contributed by atoms with Gasteiger partial charge in [0.05, 0.1) is 24.4 Å². The van der Waals surface area contributed by atoms with Crippen molar-refractivity contribution in [3.05, 3.63) is 0 Å². The van der Waals surface area contributed by atoms with Gasteiger partial charge in [0.2, 0.25) is 0 Å². The summed E-state index contributed by atoms with van der Waals surface area (Å²) in [6.07, 6.45) is 2.00. The number of nitrogens with zero attached hydrogens (tertiary/aromatic N) is 1. The molecule has 0 bridgehead atoms. The second-order valence-corrected chi connectivity index (χ2v) is 4.64. The van der Waals surface area contributed by atoms with Gasteiger partial charge in [0.1, 0.15) is 0 Å². The third-order valence-electron chi connectivity index (χ3n) is 3.00. The molecule has 0 aromatic carbocycles. The van der Waals surface area contributed by atoms with Crippen molar-refractivity contribution in [2.45, 2.75) is 58.5 Å². The van der Waals surface area contributed by atoms with Crippen molar-refractivity contribution in [3.63, 3.8) is 0 Å². The lowest BCUT2D eigenvalue weighted by Gasteiger charge is -2.31. The normalized spacial score (nSPS) is 30.0. The molecule has 0 radical (unpaired) electrons. The van der Waals surface area contributed by atoms with E-state index in [1.165, 1.54) is 0 Å². The predicted molar refractivity (Wildman–Crippen MR) is 62.1 cm³/mol. The van der Waals surface area contributed by atoms with Crippen LogP contribution in [0, 0.1) is 0 Å². The SMILES string of the molecule is CCO[C@H]1CCN(C)[C@@H]1[C@H](C)OC(C)C. The smallest absolute Gasteiger partial charge is 0.0767 e. The van der Waals surface area contributed by atoms with Gasteiger partial charge in [-0.1, -0.05) is 0 Å². The molecule has 0 aromatic rings. The summed E-state index contributed by atoms with van der Waals surface area (Å²) in [5.41, 5.74) is 0. The van der Waals surface area contributed by atoms with E-state index in [4.69, 9.17) is 9.47 Å². The van der Waals surface area contributed by atoms with Crippen LogP contribution in [0.15, 0.2) is 0 Å². The van der Waals surface area contributed by atoms with Crippen LogP contribution < -0.4 is 0 Å². The van der Waals surface area contributed by atoms with Crippen LogP contribution in [-0.4, -0.2) is 49.5 Å². The highest BCUT2D eigenvalue weighted by Crippen LogP contribution is 2.24. The molecule has 3 heteroatoms. The molecule has 0 aliphatic carbocycles. The van der Waals surface area contributed by atoms with Crippen molar-refractivity contribution in [3.8, 4) is 0 Å². The van der Waals surface area contributed by atoms with Crippen LogP contribution in [0.4, 0.5) is 0 Å². The summed E-state index contributed by atoms with van der Waals surface area (Å²) in [4.78, 5) is 2.35. The lowest BCUT2D eigenvalue weighted by atomic mass is 10.1. The number of likely N-dealkylation sites (N-methyl/N-ethyl adjacent to an activating group) is 1. The number of hydrogen-bond acceptors (Lipinski definition) is 3. The summed E-state index contributed by atoms with van der Waals surface area (Å²) in [6, 6.07) is 0.410. The molecule has 3 atom stereocenters. The van der Waals surface area contributed by atoms with Gasteiger partial charge in [-0.05, 0) is 41.2 Å². The van der Waals surface area contributed by atoms with Gasteiger partial charge in [-0.3, -0.25) is 4.90 Å². The Labute approximate surface area is 93.7 Å². The lowest BCUT2D eigenvalue weighted by molar-refractivity contribution is -0.0622. The zero-order chi connectivity index (χ0) is 11.4. The molecule has 1 rings (SSSR count). The molecule has 0 amide bonds. The first-order chi connectivity index (χ1) is 7.06. The van der Waals surface area contributed by atoms with Crippen molar-refractivity contribution in [1.82, 2.24) is 4.90 Å². The first kappa shape index (κ1) is 12.9. The summed E-state index contributed by atoms with van der Waals surface area (Å²) in [7, 11) is 2.16. The van der Waals surface area contributed by atoms with Crippen LogP contribution in [0.1, 0.15) is 34.1 Å². The van der Waals surface area contributed by atoms with E-state index in [1.807, 2.05) is 0 Å². The average Bonchev–Trinajstić information content (AvgIpc) is 2.46. The fourth-order valence-corrected chi connectivity index (χ4v) is 2.50. The van der Waals surface area contributed by atoms with Crippen molar-refractivity contribution >= 4 is 0 Å².